The summed E-state index contributed by atoms with van der Waals surface area (Å²) in [5.74, 6) is 0.0474. The van der Waals surface area contributed by atoms with E-state index in [1.807, 2.05) is 31.2 Å². The van der Waals surface area contributed by atoms with Crippen molar-refractivity contribution >= 4 is 5.91 Å². The normalized spacial score (nSPS) is 11.9. The maximum Gasteiger partial charge on any atom is 0.220 e. The Morgan fingerprint density at radius 3 is 2.38 bits per heavy atom. The van der Waals surface area contributed by atoms with Gasteiger partial charge in [0.1, 0.15) is 0 Å². The Morgan fingerprint density at radius 1 is 1.14 bits per heavy atom. The first kappa shape index (κ1) is 15.2. The molecule has 0 spiro atoms. The van der Waals surface area contributed by atoms with Crippen molar-refractivity contribution in [3.8, 4) is 11.1 Å². The van der Waals surface area contributed by atoms with Gasteiger partial charge in [-0.15, -0.1) is 0 Å². The van der Waals surface area contributed by atoms with E-state index in [4.69, 9.17) is 5.73 Å². The zero-order chi connectivity index (χ0) is 15.1. The molecular formula is C17H21N3O. The predicted molar refractivity (Wildman–Crippen MR) is 84.5 cm³/mol. The van der Waals surface area contributed by atoms with Crippen LogP contribution in [-0.4, -0.2) is 17.4 Å². The van der Waals surface area contributed by atoms with Gasteiger partial charge in [0.25, 0.3) is 0 Å². The first-order chi connectivity index (χ1) is 10.2. The first-order valence-corrected chi connectivity index (χ1v) is 7.20. The molecule has 1 amide bonds. The number of aromatic nitrogens is 1. The van der Waals surface area contributed by atoms with Crippen molar-refractivity contribution in [3.63, 3.8) is 0 Å². The van der Waals surface area contributed by atoms with E-state index in [1.165, 1.54) is 0 Å². The van der Waals surface area contributed by atoms with Crippen molar-refractivity contribution < 1.29 is 4.79 Å². The van der Waals surface area contributed by atoms with Gasteiger partial charge in [0.2, 0.25) is 5.91 Å². The molecule has 0 fully saturated rings. The Kier molecular flexibility index (Phi) is 5.46. The highest BCUT2D eigenvalue weighted by Gasteiger charge is 2.09. The Morgan fingerprint density at radius 2 is 1.76 bits per heavy atom. The number of nitrogens with zero attached hydrogens (tertiary/aromatic N) is 1. The Labute approximate surface area is 125 Å². The van der Waals surface area contributed by atoms with Crippen molar-refractivity contribution in [1.82, 2.24) is 10.3 Å². The first-order valence-electron chi connectivity index (χ1n) is 7.20. The summed E-state index contributed by atoms with van der Waals surface area (Å²) < 4.78 is 0. The van der Waals surface area contributed by atoms with E-state index >= 15 is 0 Å². The molecule has 0 saturated carbocycles. The molecule has 3 N–H and O–H groups in total. The van der Waals surface area contributed by atoms with E-state index in [0.29, 0.717) is 13.0 Å². The van der Waals surface area contributed by atoms with Crippen LogP contribution in [0.15, 0.2) is 48.8 Å². The minimum absolute atomic E-state index is 0.00163. The highest BCUT2D eigenvalue weighted by Crippen LogP contribution is 2.21. The van der Waals surface area contributed by atoms with Crippen LogP contribution in [0.4, 0.5) is 0 Å². The number of nitrogens with two attached hydrogens (primary N) is 1. The van der Waals surface area contributed by atoms with Gasteiger partial charge in [-0.2, -0.15) is 0 Å². The number of benzene rings is 1. The summed E-state index contributed by atoms with van der Waals surface area (Å²) in [4.78, 5) is 15.7. The molecule has 2 aromatic rings. The van der Waals surface area contributed by atoms with Gasteiger partial charge in [-0.05, 0) is 48.7 Å². The summed E-state index contributed by atoms with van der Waals surface area (Å²) >= 11 is 0. The number of hydrogen-bond donors (Lipinski definition) is 2. The number of amides is 1. The van der Waals surface area contributed by atoms with E-state index < -0.39 is 0 Å². The average Bonchev–Trinajstić information content (AvgIpc) is 2.54. The van der Waals surface area contributed by atoms with Gasteiger partial charge in [-0.1, -0.05) is 24.3 Å². The van der Waals surface area contributed by atoms with Crippen LogP contribution in [0.25, 0.3) is 11.1 Å². The van der Waals surface area contributed by atoms with Crippen LogP contribution in [0.3, 0.4) is 0 Å². The molecular weight excluding hydrogens is 262 g/mol. The molecule has 0 aliphatic carbocycles. The number of nitrogens with one attached hydrogen (secondary N) is 1. The summed E-state index contributed by atoms with van der Waals surface area (Å²) in [5.41, 5.74) is 8.77. The van der Waals surface area contributed by atoms with Gasteiger partial charge in [-0.3, -0.25) is 9.78 Å². The maximum atomic E-state index is 11.7. The molecule has 1 unspecified atom stereocenters. The van der Waals surface area contributed by atoms with Crippen molar-refractivity contribution in [1.29, 1.82) is 0 Å². The van der Waals surface area contributed by atoms with Crippen LogP contribution in [0.1, 0.15) is 31.4 Å². The fourth-order valence-corrected chi connectivity index (χ4v) is 2.17. The number of pyridine rings is 1. The minimum atomic E-state index is 0.00163. The fourth-order valence-electron chi connectivity index (χ4n) is 2.17. The highest BCUT2D eigenvalue weighted by molar-refractivity contribution is 5.76. The van der Waals surface area contributed by atoms with Gasteiger partial charge in [0.15, 0.2) is 0 Å². The van der Waals surface area contributed by atoms with Crippen LogP contribution in [-0.2, 0) is 4.79 Å². The quantitative estimate of drug-likeness (QED) is 0.856. The lowest BCUT2D eigenvalue weighted by molar-refractivity contribution is -0.121. The van der Waals surface area contributed by atoms with Gasteiger partial charge in [0.05, 0.1) is 6.04 Å². The molecule has 1 aromatic heterocycles. The van der Waals surface area contributed by atoms with E-state index in [1.54, 1.807) is 12.4 Å². The van der Waals surface area contributed by atoms with E-state index in [9.17, 15) is 4.79 Å². The summed E-state index contributed by atoms with van der Waals surface area (Å²) in [7, 11) is 0. The third-order valence-corrected chi connectivity index (χ3v) is 3.41. The van der Waals surface area contributed by atoms with Crippen LogP contribution < -0.4 is 11.1 Å². The maximum absolute atomic E-state index is 11.7. The van der Waals surface area contributed by atoms with Crippen molar-refractivity contribution in [2.24, 2.45) is 5.73 Å². The van der Waals surface area contributed by atoms with Crippen LogP contribution in [0.2, 0.25) is 0 Å². The van der Waals surface area contributed by atoms with E-state index in [2.05, 4.69) is 22.4 Å². The average molecular weight is 283 g/mol. The molecule has 0 saturated heterocycles. The minimum Gasteiger partial charge on any atom is -0.350 e. The van der Waals surface area contributed by atoms with Crippen LogP contribution in [0, 0.1) is 0 Å². The molecule has 2 rings (SSSR count). The molecule has 4 heteroatoms. The second-order valence-electron chi connectivity index (χ2n) is 5.04. The highest BCUT2D eigenvalue weighted by atomic mass is 16.1. The fraction of sp³-hybridized carbons (Fsp3) is 0.294. The smallest absolute Gasteiger partial charge is 0.220 e. The second kappa shape index (κ2) is 7.55. The molecule has 4 nitrogen and oxygen atoms in total. The Hall–Kier alpha value is -2.20. The van der Waals surface area contributed by atoms with Crippen LogP contribution >= 0.6 is 0 Å². The standard InChI is InChI=1S/C17H21N3O/c1-13(20-17(21)3-2-10-18)14-4-6-15(7-5-14)16-8-11-19-12-9-16/h4-9,11-13H,2-3,10,18H2,1H3,(H,20,21). The van der Waals surface area contributed by atoms with Crippen molar-refractivity contribution in [2.75, 3.05) is 6.54 Å². The third-order valence-electron chi connectivity index (χ3n) is 3.41. The number of carbonyl (C=O) groups excluding carboxylic acids is 1. The third kappa shape index (κ3) is 4.39. The number of carbonyl (C=O) groups is 1. The topological polar surface area (TPSA) is 68.0 Å². The molecule has 0 aliphatic rings. The molecule has 0 radical (unpaired) electrons. The zero-order valence-electron chi connectivity index (χ0n) is 12.3. The monoisotopic (exact) mass is 283 g/mol. The molecule has 0 aliphatic heterocycles. The van der Waals surface area contributed by atoms with Crippen LogP contribution in [0.5, 0.6) is 0 Å². The lowest BCUT2D eigenvalue weighted by Crippen LogP contribution is -2.26. The lowest BCUT2D eigenvalue weighted by Gasteiger charge is -2.15. The molecule has 1 heterocycles. The van der Waals surface area contributed by atoms with Crippen molar-refractivity contribution in [3.05, 3.63) is 54.4 Å². The summed E-state index contributed by atoms with van der Waals surface area (Å²) in [6, 6.07) is 12.2. The van der Waals surface area contributed by atoms with Crippen molar-refractivity contribution in [2.45, 2.75) is 25.8 Å². The second-order valence-corrected chi connectivity index (χ2v) is 5.04. The summed E-state index contributed by atoms with van der Waals surface area (Å²) in [5, 5.41) is 2.99. The molecule has 0 bridgehead atoms. The summed E-state index contributed by atoms with van der Waals surface area (Å²) in [6.45, 7) is 2.53. The Balaban J connectivity index is 2.00. The zero-order valence-corrected chi connectivity index (χ0v) is 12.3. The molecule has 110 valence electrons. The number of hydrogen-bond acceptors (Lipinski definition) is 3. The van der Waals surface area contributed by atoms with Gasteiger partial charge >= 0.3 is 0 Å². The molecule has 1 aromatic carbocycles. The van der Waals surface area contributed by atoms with E-state index in [-0.39, 0.29) is 11.9 Å². The van der Waals surface area contributed by atoms with Gasteiger partial charge < -0.3 is 11.1 Å². The summed E-state index contributed by atoms with van der Waals surface area (Å²) in [6.07, 6.45) is 4.77. The lowest BCUT2D eigenvalue weighted by atomic mass is 10.0. The van der Waals surface area contributed by atoms with Gasteiger partial charge in [0, 0.05) is 18.8 Å². The van der Waals surface area contributed by atoms with Gasteiger partial charge in [-0.25, -0.2) is 0 Å². The molecule has 21 heavy (non-hydrogen) atoms. The Bertz CT molecular complexity index is 566. The largest absolute Gasteiger partial charge is 0.350 e. The number of rotatable bonds is 6. The SMILES string of the molecule is CC(NC(=O)CCCN)c1ccc(-c2ccncc2)cc1. The van der Waals surface area contributed by atoms with E-state index in [0.717, 1.165) is 23.1 Å². The predicted octanol–water partition coefficient (Wildman–Crippen LogP) is 2.66. The molecule has 1 atom stereocenters.